The average molecular weight is 1670 g/mol. The van der Waals surface area contributed by atoms with Gasteiger partial charge in [-0.05, 0) is 89.5 Å². The van der Waals surface area contributed by atoms with Crippen LogP contribution in [0.15, 0.2) is 109 Å². The minimum absolute atomic E-state index is 0.0960. The number of carboxylic acid groups (broad SMARTS) is 1. The third-order valence-corrected chi connectivity index (χ3v) is 19.0. The van der Waals surface area contributed by atoms with Gasteiger partial charge in [-0.3, -0.25) is 9.59 Å². The maximum atomic E-state index is 13.2. The maximum absolute atomic E-state index is 13.2. The van der Waals surface area contributed by atoms with Crippen molar-refractivity contribution in [3.63, 3.8) is 0 Å². The van der Waals surface area contributed by atoms with E-state index in [1.807, 2.05) is 0 Å². The number of aliphatic hydroxyl groups is 16. The summed E-state index contributed by atoms with van der Waals surface area (Å²) in [7, 11) is 0. The fourth-order valence-electron chi connectivity index (χ4n) is 12.4. The number of carboxylic acids is 1. The van der Waals surface area contributed by atoms with E-state index in [1.54, 1.807) is 0 Å². The summed E-state index contributed by atoms with van der Waals surface area (Å²) in [6.07, 6.45) is -42.3. The molecule has 43 nitrogen and oxygen atoms in total. The van der Waals surface area contributed by atoms with Gasteiger partial charge in [0.2, 0.25) is 31.5 Å². The van der Waals surface area contributed by atoms with Crippen LogP contribution < -0.4 is 23.7 Å². The van der Waals surface area contributed by atoms with Crippen LogP contribution in [0, 0.1) is 0 Å². The lowest BCUT2D eigenvalue weighted by atomic mass is 9.98. The number of hydrogen-bond donors (Lipinski definition) is 23. The Hall–Kier alpha value is -10.8. The Balaban J connectivity index is 0.726. The molecule has 640 valence electrons. The van der Waals surface area contributed by atoms with Crippen LogP contribution in [0.25, 0.3) is 24.3 Å². The predicted molar refractivity (Wildman–Crippen MR) is 381 cm³/mol. The number of ether oxygens (including phenoxy) is 15. The number of carbonyl (C=O) groups excluding carboxylic acids is 4. The molecule has 0 bridgehead atoms. The van der Waals surface area contributed by atoms with Gasteiger partial charge < -0.3 is 189 Å². The molecule has 118 heavy (non-hydrogen) atoms. The fourth-order valence-corrected chi connectivity index (χ4v) is 12.4. The van der Waals surface area contributed by atoms with E-state index in [0.29, 0.717) is 0 Å². The van der Waals surface area contributed by atoms with Crippen LogP contribution in [0.4, 0.5) is 0 Å². The first-order valence-electron chi connectivity index (χ1n) is 35.7. The largest absolute Gasteiger partial charge is 0.507 e. The summed E-state index contributed by atoms with van der Waals surface area (Å²) in [6, 6.07) is 16.1. The standard InChI is InChI=1S/C75H82O43/c76-23-45-55(89)60(94)66(100)72(114-45)110-40-10-2-29(16-38(40)81)5-13-52(86)105-25-47-57(91)62(96)67(101)73(116-47)111-41-11-3-30(17-39(41)82)6-14-53(87)106-26-48-58(92)63(97)68(102)74(117-48)112-43-18-31(7-9-35(43)78)70-44(113-75-69(103)64(98)59(93)49(118-75)27-107-54(88)22-50(83)84)21-33-36(79)19-32(20-42(33)109-70)108-71-65(99)61(95)56(90)46(115-71)24-104-51(85)12-4-28-1-8-34(77)37(80)15-28/h1-21,45-49,55-82,89-103H,22-27H2,(H,83,84)/b12-4+,13-5+,14-6+/t45-,46-,47-,48-,49-,55-,56-,57-,58-,59-,60+,61+,62+,63+,64-,65+,66+,67-,68-,69+,70?,71-,72-,73-,74-,75-/m1/s1. The molecule has 43 heteroatoms. The summed E-state index contributed by atoms with van der Waals surface area (Å²) >= 11 is 0. The zero-order chi connectivity index (χ0) is 85.4. The van der Waals surface area contributed by atoms with Crippen LogP contribution in [-0.4, -0.2) is 334 Å². The molecule has 5 aromatic rings. The second-order valence-corrected chi connectivity index (χ2v) is 27.3. The average Bonchev–Trinajstić information content (AvgIpc) is 0.763. The number of phenols is 6. The van der Waals surface area contributed by atoms with E-state index < -0.39 is 275 Å². The molecule has 0 saturated carbocycles. The van der Waals surface area contributed by atoms with E-state index in [1.165, 1.54) is 42.5 Å². The zero-order valence-corrected chi connectivity index (χ0v) is 60.8. The van der Waals surface area contributed by atoms with Crippen LogP contribution >= 0.6 is 0 Å². The van der Waals surface area contributed by atoms with E-state index in [9.17, 15) is 136 Å². The molecule has 0 aliphatic carbocycles. The molecule has 5 aromatic carbocycles. The van der Waals surface area contributed by atoms with E-state index in [4.69, 9.17) is 76.2 Å². The molecule has 0 aromatic heterocycles. The van der Waals surface area contributed by atoms with E-state index in [0.717, 1.165) is 85.0 Å². The lowest BCUT2D eigenvalue weighted by Gasteiger charge is -2.41. The molecule has 26 atom stereocenters. The van der Waals surface area contributed by atoms with Gasteiger partial charge in [-0.1, -0.05) is 24.3 Å². The number of fused-ring (bicyclic) bond motifs is 1. The number of esters is 4. The monoisotopic (exact) mass is 1670 g/mol. The first kappa shape index (κ1) is 88.0. The van der Waals surface area contributed by atoms with E-state index in [-0.39, 0.29) is 50.8 Å². The molecule has 6 aliphatic rings. The second kappa shape index (κ2) is 38.3. The Kier molecular flexibility index (Phi) is 28.5. The summed E-state index contributed by atoms with van der Waals surface area (Å²) < 4.78 is 83.9. The maximum Gasteiger partial charge on any atom is 0.330 e. The molecule has 5 fully saturated rings. The van der Waals surface area contributed by atoms with Gasteiger partial charge in [0, 0.05) is 35.9 Å². The highest BCUT2D eigenvalue weighted by atomic mass is 16.7. The highest BCUT2D eigenvalue weighted by Crippen LogP contribution is 2.47. The van der Waals surface area contributed by atoms with Crippen LogP contribution in [0.1, 0.15) is 40.3 Å². The van der Waals surface area contributed by atoms with Gasteiger partial charge in [0.25, 0.3) is 0 Å². The van der Waals surface area contributed by atoms with Gasteiger partial charge in [0.15, 0.2) is 52.1 Å². The number of phenolic OH excluding ortho intramolecular Hbond substituents is 6. The molecule has 1 unspecified atom stereocenters. The lowest BCUT2D eigenvalue weighted by molar-refractivity contribution is -0.294. The summed E-state index contributed by atoms with van der Waals surface area (Å²) in [5.41, 5.74) is 0.185. The third-order valence-electron chi connectivity index (χ3n) is 19.0. The van der Waals surface area contributed by atoms with Crippen molar-refractivity contribution in [1.29, 1.82) is 0 Å². The summed E-state index contributed by atoms with van der Waals surface area (Å²) in [6.45, 7) is -4.00. The molecule has 5 saturated heterocycles. The van der Waals surface area contributed by atoms with Gasteiger partial charge in [0.1, 0.15) is 178 Å². The van der Waals surface area contributed by atoms with Crippen molar-refractivity contribution in [2.75, 3.05) is 33.0 Å². The predicted octanol–water partition coefficient (Wildman–Crippen LogP) is -5.26. The smallest absolute Gasteiger partial charge is 0.330 e. The van der Waals surface area contributed by atoms with E-state index >= 15 is 0 Å². The number of rotatable bonds is 28. The Bertz CT molecular complexity index is 4510. The van der Waals surface area contributed by atoms with Crippen molar-refractivity contribution in [3.8, 4) is 63.2 Å². The highest BCUT2D eigenvalue weighted by molar-refractivity contribution is 5.90. The van der Waals surface area contributed by atoms with Crippen molar-refractivity contribution in [2.45, 2.75) is 166 Å². The Morgan fingerprint density at radius 2 is 0.729 bits per heavy atom. The molecule has 0 spiro atoms. The fraction of sp³-hybridized carbons (Fsp3) is 0.427. The molecule has 23 N–H and O–H groups in total. The highest BCUT2D eigenvalue weighted by Gasteiger charge is 2.51. The number of hydrogen-bond acceptors (Lipinski definition) is 42. The lowest BCUT2D eigenvalue weighted by Crippen LogP contribution is -2.60. The quantitative estimate of drug-likeness (QED) is 0.00731. The molecule has 6 heterocycles. The minimum Gasteiger partial charge on any atom is -0.507 e. The van der Waals surface area contributed by atoms with Crippen molar-refractivity contribution >= 4 is 54.2 Å². The molecule has 11 rings (SSSR count). The number of benzene rings is 5. The van der Waals surface area contributed by atoms with Gasteiger partial charge in [-0.15, -0.1) is 0 Å². The Labute approximate surface area is 663 Å². The second-order valence-electron chi connectivity index (χ2n) is 27.3. The van der Waals surface area contributed by atoms with Crippen LogP contribution in [-0.2, 0) is 71.3 Å². The van der Waals surface area contributed by atoms with Crippen LogP contribution in [0.2, 0.25) is 0 Å². The van der Waals surface area contributed by atoms with Crippen molar-refractivity contribution in [3.05, 3.63) is 137 Å². The first-order valence-corrected chi connectivity index (χ1v) is 35.7. The van der Waals surface area contributed by atoms with Gasteiger partial charge in [-0.25, -0.2) is 14.4 Å². The molecule has 0 radical (unpaired) electrons. The molecule has 0 amide bonds. The SMILES string of the molecule is O=C(O)CC(=O)OC[C@H]1O[C@@H](OC2=Cc3c(O)cc(O[C@@H]4O[C@H](COC(=O)/C=C/c5ccc(O)c(O)c5)[C@@H](O)[C@H](O)[C@@H]4O)cc3OC2c2ccc(O)c(O[C@@H]3O[C@H](COC(=O)/C=C/c4ccc(O[C@@H]5O[C@H](COC(=O)/C=C/c6ccc(O[C@@H]7O[C@H](CO)[C@@H](O)[C@H](O)[C@@H]7O)c(O)c6)[C@@H](O)[C@H](O)[C@H]5O)c(O)c4)[C@@H](O)[C@H](O)[C@H]3O)c2)[C@@H](O)[C@H](O)[C@@H]1O. The van der Waals surface area contributed by atoms with Crippen molar-refractivity contribution in [1.82, 2.24) is 0 Å². The molecular weight excluding hydrogens is 1590 g/mol. The molecular formula is C75H82O43. The van der Waals surface area contributed by atoms with Crippen LogP contribution in [0.3, 0.4) is 0 Å². The number of carbonyl (C=O) groups is 5. The van der Waals surface area contributed by atoms with Crippen LogP contribution in [0.5, 0.6) is 63.2 Å². The van der Waals surface area contributed by atoms with E-state index in [2.05, 4.69) is 0 Å². The van der Waals surface area contributed by atoms with Crippen molar-refractivity contribution < 1.29 is 212 Å². The third kappa shape index (κ3) is 20.8. The Morgan fingerprint density at radius 1 is 0.356 bits per heavy atom. The number of aliphatic carboxylic acids is 1. The normalized spacial score (nSPS) is 32.2. The Morgan fingerprint density at radius 3 is 1.14 bits per heavy atom. The first-order chi connectivity index (χ1) is 56.0. The van der Waals surface area contributed by atoms with Crippen molar-refractivity contribution in [2.24, 2.45) is 0 Å². The summed E-state index contributed by atoms with van der Waals surface area (Å²) in [4.78, 5) is 61.9. The van der Waals surface area contributed by atoms with Gasteiger partial charge in [0.05, 0.1) is 12.2 Å². The number of aliphatic hydroxyl groups excluding tert-OH is 16. The van der Waals surface area contributed by atoms with Gasteiger partial charge in [-0.2, -0.15) is 0 Å². The summed E-state index contributed by atoms with van der Waals surface area (Å²) in [5, 5.41) is 244. The van der Waals surface area contributed by atoms with Gasteiger partial charge >= 0.3 is 29.8 Å². The zero-order valence-electron chi connectivity index (χ0n) is 60.8. The number of aromatic hydroxyl groups is 6. The topological polar surface area (TPSA) is 689 Å². The summed E-state index contributed by atoms with van der Waals surface area (Å²) in [5.74, 6) is -11.9. The minimum atomic E-state index is -2.15. The molecule has 6 aliphatic heterocycles.